The van der Waals surface area contributed by atoms with Crippen molar-refractivity contribution in [2.75, 3.05) is 7.11 Å². The molecule has 0 atom stereocenters. The van der Waals surface area contributed by atoms with Gasteiger partial charge in [-0.3, -0.25) is 9.59 Å². The molecule has 0 aromatic heterocycles. The molecular weight excluding hydrogens is 312 g/mol. The predicted octanol–water partition coefficient (Wildman–Crippen LogP) is 5.11. The summed E-state index contributed by atoms with van der Waals surface area (Å²) in [5.41, 5.74) is -0.454. The van der Waals surface area contributed by atoms with E-state index >= 15 is 0 Å². The highest BCUT2D eigenvalue weighted by molar-refractivity contribution is 6.22. The summed E-state index contributed by atoms with van der Waals surface area (Å²) in [4.78, 5) is 26.5. The van der Waals surface area contributed by atoms with E-state index in [4.69, 9.17) is 4.74 Å². The fourth-order valence-corrected chi connectivity index (χ4v) is 3.06. The molecular formula is C22H26O3. The van der Waals surface area contributed by atoms with Gasteiger partial charge in [0.2, 0.25) is 11.6 Å². The zero-order chi connectivity index (χ0) is 18.1. The Kier molecular flexibility index (Phi) is 7.08. The van der Waals surface area contributed by atoms with E-state index in [2.05, 4.69) is 6.92 Å². The summed E-state index contributed by atoms with van der Waals surface area (Å²) in [7, 11) is 1.46. The van der Waals surface area contributed by atoms with Crippen LogP contribution >= 0.6 is 0 Å². The normalized spacial score (nSPS) is 11.3. The van der Waals surface area contributed by atoms with Crippen LogP contribution in [0.3, 0.4) is 0 Å². The maximum atomic E-state index is 13.2. The number of hydrogen-bond donors (Lipinski definition) is 0. The molecule has 0 amide bonds. The van der Waals surface area contributed by atoms with Crippen molar-refractivity contribution >= 4 is 11.6 Å². The fourth-order valence-electron chi connectivity index (χ4n) is 3.06. The summed E-state index contributed by atoms with van der Waals surface area (Å²) in [5.74, 6) is -0.526. The Labute approximate surface area is 150 Å². The number of hydrogen-bond acceptors (Lipinski definition) is 3. The van der Waals surface area contributed by atoms with Crippen molar-refractivity contribution in [3.05, 3.63) is 71.8 Å². The summed E-state index contributed by atoms with van der Waals surface area (Å²) < 4.78 is 5.65. The van der Waals surface area contributed by atoms with Crippen LogP contribution in [0.25, 0.3) is 0 Å². The SMILES string of the molecule is CCCCCCC(OC)(C(=O)c1ccccc1)C(=O)c1ccccc1. The molecule has 2 rings (SSSR count). The van der Waals surface area contributed by atoms with E-state index in [1.54, 1.807) is 48.5 Å². The van der Waals surface area contributed by atoms with Crippen molar-refractivity contribution in [1.29, 1.82) is 0 Å². The molecule has 132 valence electrons. The zero-order valence-corrected chi connectivity index (χ0v) is 15.0. The first-order valence-electron chi connectivity index (χ1n) is 8.90. The first-order chi connectivity index (χ1) is 12.2. The third kappa shape index (κ3) is 4.43. The summed E-state index contributed by atoms with van der Waals surface area (Å²) in [6.07, 6.45) is 4.33. The second-order valence-corrected chi connectivity index (χ2v) is 6.23. The quantitative estimate of drug-likeness (QED) is 0.343. The maximum absolute atomic E-state index is 13.2. The van der Waals surface area contributed by atoms with Crippen LogP contribution in [0, 0.1) is 0 Å². The molecule has 0 N–H and O–H groups in total. The highest BCUT2D eigenvalue weighted by Gasteiger charge is 2.46. The van der Waals surface area contributed by atoms with Gasteiger partial charge in [-0.1, -0.05) is 86.8 Å². The highest BCUT2D eigenvalue weighted by Crippen LogP contribution is 2.29. The van der Waals surface area contributed by atoms with Gasteiger partial charge in [-0.05, 0) is 12.8 Å². The van der Waals surface area contributed by atoms with Gasteiger partial charge in [0.05, 0.1) is 0 Å². The summed E-state index contributed by atoms with van der Waals surface area (Å²) >= 11 is 0. The predicted molar refractivity (Wildman–Crippen MR) is 100 cm³/mol. The second kappa shape index (κ2) is 9.28. The minimum absolute atomic E-state index is 0.263. The van der Waals surface area contributed by atoms with Gasteiger partial charge >= 0.3 is 0 Å². The van der Waals surface area contributed by atoms with Crippen molar-refractivity contribution in [3.8, 4) is 0 Å². The lowest BCUT2D eigenvalue weighted by Gasteiger charge is -2.30. The zero-order valence-electron chi connectivity index (χ0n) is 15.0. The second-order valence-electron chi connectivity index (χ2n) is 6.23. The molecule has 0 saturated heterocycles. The van der Waals surface area contributed by atoms with Gasteiger partial charge in [-0.2, -0.15) is 0 Å². The molecule has 0 aliphatic carbocycles. The Morgan fingerprint density at radius 1 is 0.800 bits per heavy atom. The standard InChI is InChI=1S/C22H26O3/c1-3-4-5-12-17-22(25-2,20(23)18-13-8-6-9-14-18)21(24)19-15-10-7-11-16-19/h6-11,13-16H,3-5,12,17H2,1-2H3. The van der Waals surface area contributed by atoms with E-state index < -0.39 is 5.60 Å². The van der Waals surface area contributed by atoms with E-state index in [0.29, 0.717) is 17.5 Å². The maximum Gasteiger partial charge on any atom is 0.202 e. The smallest absolute Gasteiger partial charge is 0.202 e. The van der Waals surface area contributed by atoms with Gasteiger partial charge in [-0.15, -0.1) is 0 Å². The van der Waals surface area contributed by atoms with E-state index in [9.17, 15) is 9.59 Å². The third-order valence-corrected chi connectivity index (χ3v) is 4.54. The molecule has 2 aromatic rings. The Hall–Kier alpha value is -2.26. The van der Waals surface area contributed by atoms with Crippen molar-refractivity contribution in [2.24, 2.45) is 0 Å². The molecule has 0 saturated carbocycles. The Morgan fingerprint density at radius 2 is 1.28 bits per heavy atom. The molecule has 3 heteroatoms. The number of carbonyl (C=O) groups excluding carboxylic acids is 2. The van der Waals surface area contributed by atoms with E-state index in [-0.39, 0.29) is 11.6 Å². The van der Waals surface area contributed by atoms with Gasteiger partial charge in [0.1, 0.15) is 0 Å². The van der Waals surface area contributed by atoms with Gasteiger partial charge in [0.15, 0.2) is 5.60 Å². The molecule has 0 unspecified atom stereocenters. The first-order valence-corrected chi connectivity index (χ1v) is 8.90. The van der Waals surface area contributed by atoms with Crippen molar-refractivity contribution < 1.29 is 14.3 Å². The summed E-state index contributed by atoms with van der Waals surface area (Å²) in [5, 5.41) is 0. The van der Waals surface area contributed by atoms with Crippen LogP contribution in [0.5, 0.6) is 0 Å². The Morgan fingerprint density at radius 3 is 1.68 bits per heavy atom. The highest BCUT2D eigenvalue weighted by atomic mass is 16.5. The molecule has 0 spiro atoms. The van der Waals surface area contributed by atoms with Crippen LogP contribution in [0.4, 0.5) is 0 Å². The van der Waals surface area contributed by atoms with Crippen LogP contribution in [0.1, 0.15) is 59.7 Å². The lowest BCUT2D eigenvalue weighted by atomic mass is 9.81. The number of rotatable bonds is 10. The molecule has 25 heavy (non-hydrogen) atoms. The number of ketones is 2. The van der Waals surface area contributed by atoms with Crippen molar-refractivity contribution in [2.45, 2.75) is 44.6 Å². The molecule has 3 nitrogen and oxygen atoms in total. The van der Waals surface area contributed by atoms with Crippen LogP contribution < -0.4 is 0 Å². The van der Waals surface area contributed by atoms with Gasteiger partial charge in [-0.25, -0.2) is 0 Å². The fraction of sp³-hybridized carbons (Fsp3) is 0.364. The van der Waals surface area contributed by atoms with E-state index in [1.807, 2.05) is 12.1 Å². The minimum Gasteiger partial charge on any atom is -0.362 e. The average Bonchev–Trinajstić information content (AvgIpc) is 2.69. The topological polar surface area (TPSA) is 43.4 Å². The lowest BCUT2D eigenvalue weighted by molar-refractivity contribution is 0.00365. The monoisotopic (exact) mass is 338 g/mol. The van der Waals surface area contributed by atoms with Crippen molar-refractivity contribution in [3.63, 3.8) is 0 Å². The largest absolute Gasteiger partial charge is 0.362 e. The number of carbonyl (C=O) groups is 2. The van der Waals surface area contributed by atoms with E-state index in [1.165, 1.54) is 7.11 Å². The Bertz CT molecular complexity index is 625. The van der Waals surface area contributed by atoms with Crippen LogP contribution in [0.2, 0.25) is 0 Å². The number of ether oxygens (including phenoxy) is 1. The van der Waals surface area contributed by atoms with Gasteiger partial charge in [0, 0.05) is 18.2 Å². The van der Waals surface area contributed by atoms with E-state index in [0.717, 1.165) is 25.7 Å². The van der Waals surface area contributed by atoms with Crippen molar-refractivity contribution in [1.82, 2.24) is 0 Å². The molecule has 0 aliphatic rings. The first kappa shape index (κ1) is 19.1. The lowest BCUT2D eigenvalue weighted by Crippen LogP contribution is -2.48. The molecule has 0 radical (unpaired) electrons. The van der Waals surface area contributed by atoms with Gasteiger partial charge in [0.25, 0.3) is 0 Å². The van der Waals surface area contributed by atoms with Crippen LogP contribution in [-0.2, 0) is 4.74 Å². The molecule has 0 aliphatic heterocycles. The summed E-state index contributed by atoms with van der Waals surface area (Å²) in [6.45, 7) is 2.13. The number of Topliss-reactive ketones (excluding diaryl/α,β-unsaturated/α-hetero) is 2. The number of unbranched alkanes of at least 4 members (excludes halogenated alkanes) is 3. The van der Waals surface area contributed by atoms with Crippen LogP contribution in [0.15, 0.2) is 60.7 Å². The number of methoxy groups -OCH3 is 1. The minimum atomic E-state index is -1.46. The molecule has 0 fully saturated rings. The average molecular weight is 338 g/mol. The summed E-state index contributed by atoms with van der Waals surface area (Å²) in [6, 6.07) is 17.9. The molecule has 2 aromatic carbocycles. The molecule has 0 bridgehead atoms. The Balaban J connectivity index is 2.38. The third-order valence-electron chi connectivity index (χ3n) is 4.54. The van der Waals surface area contributed by atoms with Gasteiger partial charge < -0.3 is 4.74 Å². The molecule has 0 heterocycles. The number of benzene rings is 2. The van der Waals surface area contributed by atoms with Crippen LogP contribution in [-0.4, -0.2) is 24.3 Å².